The molecule has 0 aliphatic carbocycles. The molecule has 0 aliphatic rings. The van der Waals surface area contributed by atoms with Crippen LogP contribution in [0.15, 0.2) is 0 Å². The molecule has 0 bridgehead atoms. The van der Waals surface area contributed by atoms with Crippen molar-refractivity contribution in [3.63, 3.8) is 0 Å². The van der Waals surface area contributed by atoms with Crippen LogP contribution in [0.2, 0.25) is 0 Å². The third-order valence-electron chi connectivity index (χ3n) is 6.89. The lowest BCUT2D eigenvalue weighted by atomic mass is 9.98. The Labute approximate surface area is 193 Å². The lowest BCUT2D eigenvalue weighted by Gasteiger charge is -2.09. The van der Waals surface area contributed by atoms with Crippen LogP contribution in [0.3, 0.4) is 0 Å². The van der Waals surface area contributed by atoms with Crippen LogP contribution in [0.1, 0.15) is 174 Å². The van der Waals surface area contributed by atoms with Crippen LogP contribution in [0.25, 0.3) is 0 Å². The van der Waals surface area contributed by atoms with E-state index in [4.69, 9.17) is 0 Å². The van der Waals surface area contributed by atoms with Gasteiger partial charge in [0.15, 0.2) is 0 Å². The summed E-state index contributed by atoms with van der Waals surface area (Å²) in [7, 11) is 0. The molecule has 0 aromatic carbocycles. The topological polar surface area (TPSA) is 0 Å². The maximum absolute atomic E-state index is 3.97. The van der Waals surface area contributed by atoms with Crippen LogP contribution in [-0.2, 0) is 0 Å². The Hall–Kier alpha value is 0. The van der Waals surface area contributed by atoms with Crippen molar-refractivity contribution in [2.24, 2.45) is 5.92 Å². The second kappa shape index (κ2) is 27.0. The molecule has 0 rings (SSSR count). The predicted octanol–water partition coefficient (Wildman–Crippen LogP) is 11.4. The lowest BCUT2D eigenvalue weighted by Crippen LogP contribution is -1.93. The molecule has 0 nitrogen and oxygen atoms in total. The van der Waals surface area contributed by atoms with Crippen molar-refractivity contribution in [2.75, 3.05) is 0 Å². The molecule has 0 saturated carbocycles. The number of hydrogen-bond acceptors (Lipinski definition) is 0. The minimum Gasteiger partial charge on any atom is -0.0625 e. The predicted molar refractivity (Wildman–Crippen MR) is 140 cm³/mol. The van der Waals surface area contributed by atoms with Crippen LogP contribution in [0, 0.1) is 19.8 Å². The van der Waals surface area contributed by atoms with Gasteiger partial charge in [-0.2, -0.15) is 0 Å². The van der Waals surface area contributed by atoms with E-state index in [0.29, 0.717) is 0 Å². The van der Waals surface area contributed by atoms with Gasteiger partial charge in [0, 0.05) is 0 Å². The molecule has 30 heavy (non-hydrogen) atoms. The molecule has 0 amide bonds. The molecule has 0 aromatic heterocycles. The normalized spacial score (nSPS) is 12.5. The van der Waals surface area contributed by atoms with Gasteiger partial charge in [-0.3, -0.25) is 0 Å². The van der Waals surface area contributed by atoms with Crippen LogP contribution >= 0.6 is 0 Å². The Morgan fingerprint density at radius 1 is 0.333 bits per heavy atom. The van der Waals surface area contributed by atoms with E-state index >= 15 is 0 Å². The van der Waals surface area contributed by atoms with Crippen LogP contribution in [0.4, 0.5) is 0 Å². The molecule has 0 fully saturated rings. The van der Waals surface area contributed by atoms with Gasteiger partial charge in [0.1, 0.15) is 0 Å². The quantitative estimate of drug-likeness (QED) is 0.122. The second-order valence-corrected chi connectivity index (χ2v) is 10.2. The molecule has 2 radical (unpaired) electrons. The maximum atomic E-state index is 3.97. The summed E-state index contributed by atoms with van der Waals surface area (Å²) in [6, 6.07) is 0. The molecule has 0 heteroatoms. The highest BCUT2D eigenvalue weighted by molar-refractivity contribution is 4.56. The minimum atomic E-state index is 0.899. The summed E-state index contributed by atoms with van der Waals surface area (Å²) in [5.41, 5.74) is 0. The van der Waals surface area contributed by atoms with Gasteiger partial charge in [0.2, 0.25) is 0 Å². The number of rotatable bonds is 26. The molecule has 180 valence electrons. The van der Waals surface area contributed by atoms with E-state index in [-0.39, 0.29) is 0 Å². The summed E-state index contributed by atoms with van der Waals surface area (Å²) in [6.45, 7) is 10.3. The first-order chi connectivity index (χ1) is 14.8. The van der Waals surface area contributed by atoms with E-state index in [2.05, 4.69) is 20.8 Å². The molecule has 0 aromatic rings. The monoisotopic (exact) mass is 420 g/mol. The van der Waals surface area contributed by atoms with E-state index in [1.165, 1.54) is 154 Å². The van der Waals surface area contributed by atoms with Crippen molar-refractivity contribution in [3.05, 3.63) is 13.8 Å². The first kappa shape index (κ1) is 30.0. The van der Waals surface area contributed by atoms with Gasteiger partial charge in [-0.1, -0.05) is 188 Å². The summed E-state index contributed by atoms with van der Waals surface area (Å²) < 4.78 is 0. The SMILES string of the molecule is [CH2]CCCCCCCCCCCCCCCCCCCCCCCCC(C)CC[CH2]. The smallest absolute Gasteiger partial charge is 0.0443 e. The van der Waals surface area contributed by atoms with E-state index in [1.54, 1.807) is 0 Å². The average Bonchev–Trinajstić information content (AvgIpc) is 2.74. The largest absolute Gasteiger partial charge is 0.0625 e. The number of hydrogen-bond donors (Lipinski definition) is 0. The van der Waals surface area contributed by atoms with Gasteiger partial charge in [0.25, 0.3) is 0 Å². The Morgan fingerprint density at radius 2 is 0.600 bits per heavy atom. The molecule has 0 saturated heterocycles. The Morgan fingerprint density at radius 3 is 0.867 bits per heavy atom. The van der Waals surface area contributed by atoms with Crippen molar-refractivity contribution < 1.29 is 0 Å². The lowest BCUT2D eigenvalue weighted by molar-refractivity contribution is 0.456. The van der Waals surface area contributed by atoms with Gasteiger partial charge in [-0.25, -0.2) is 0 Å². The zero-order valence-electron chi connectivity index (χ0n) is 21.4. The molecule has 0 N–H and O–H groups in total. The Bertz CT molecular complexity index is 282. The van der Waals surface area contributed by atoms with Crippen molar-refractivity contribution >= 4 is 0 Å². The fourth-order valence-electron chi connectivity index (χ4n) is 4.70. The van der Waals surface area contributed by atoms with Crippen LogP contribution in [-0.4, -0.2) is 0 Å². The van der Waals surface area contributed by atoms with Crippen molar-refractivity contribution in [1.29, 1.82) is 0 Å². The minimum absolute atomic E-state index is 0.899. The van der Waals surface area contributed by atoms with Gasteiger partial charge in [-0.05, 0) is 5.92 Å². The molecular formula is C30H60. The van der Waals surface area contributed by atoms with Gasteiger partial charge < -0.3 is 0 Å². The highest BCUT2D eigenvalue weighted by atomic mass is 14.1. The van der Waals surface area contributed by atoms with E-state index < -0.39 is 0 Å². The van der Waals surface area contributed by atoms with Crippen molar-refractivity contribution in [2.45, 2.75) is 174 Å². The van der Waals surface area contributed by atoms with E-state index in [1.807, 2.05) is 0 Å². The third-order valence-corrected chi connectivity index (χ3v) is 6.89. The molecule has 0 aliphatic heterocycles. The Kier molecular flexibility index (Phi) is 27.0. The molecular weight excluding hydrogens is 360 g/mol. The van der Waals surface area contributed by atoms with Crippen molar-refractivity contribution in [1.82, 2.24) is 0 Å². The number of unbranched alkanes of at least 4 members (excludes halogenated alkanes) is 22. The first-order valence-electron chi connectivity index (χ1n) is 14.4. The summed E-state index contributed by atoms with van der Waals surface area (Å²) in [5, 5.41) is 0. The molecule has 1 atom stereocenters. The highest BCUT2D eigenvalue weighted by Gasteiger charge is 2.00. The van der Waals surface area contributed by atoms with Gasteiger partial charge in [-0.15, -0.1) is 0 Å². The molecule has 1 unspecified atom stereocenters. The summed E-state index contributed by atoms with van der Waals surface area (Å²) >= 11 is 0. The zero-order chi connectivity index (χ0) is 22.0. The van der Waals surface area contributed by atoms with E-state index in [0.717, 1.165) is 18.8 Å². The summed E-state index contributed by atoms with van der Waals surface area (Å²) in [5.74, 6) is 0.899. The highest BCUT2D eigenvalue weighted by Crippen LogP contribution is 2.17. The Balaban J connectivity index is 3.02. The summed E-state index contributed by atoms with van der Waals surface area (Å²) in [4.78, 5) is 0. The molecule has 0 heterocycles. The maximum Gasteiger partial charge on any atom is -0.0443 e. The zero-order valence-corrected chi connectivity index (χ0v) is 21.4. The third kappa shape index (κ3) is 26.0. The van der Waals surface area contributed by atoms with Gasteiger partial charge >= 0.3 is 0 Å². The van der Waals surface area contributed by atoms with Crippen molar-refractivity contribution in [3.8, 4) is 0 Å². The second-order valence-electron chi connectivity index (χ2n) is 10.2. The standard InChI is InChI=1S/C30H60/c1-4-6-7-8-9-10-11-12-13-14-15-16-17-18-19-20-21-22-23-24-25-26-27-29-30(3)28-5-2/h30H,1-2,4-29H2,3H3. The van der Waals surface area contributed by atoms with Crippen LogP contribution < -0.4 is 0 Å². The average molecular weight is 421 g/mol. The van der Waals surface area contributed by atoms with Gasteiger partial charge in [0.05, 0.1) is 0 Å². The van der Waals surface area contributed by atoms with E-state index in [9.17, 15) is 0 Å². The fourth-order valence-corrected chi connectivity index (χ4v) is 4.70. The van der Waals surface area contributed by atoms with Crippen LogP contribution in [0.5, 0.6) is 0 Å². The summed E-state index contributed by atoms with van der Waals surface area (Å²) in [6.07, 6.45) is 37.2. The fraction of sp³-hybridized carbons (Fsp3) is 0.933. The first-order valence-corrected chi connectivity index (χ1v) is 14.4. The molecule has 0 spiro atoms.